The van der Waals surface area contributed by atoms with Gasteiger partial charge in [0.2, 0.25) is 5.91 Å². The zero-order chi connectivity index (χ0) is 15.9. The molecule has 1 unspecified atom stereocenters. The van der Waals surface area contributed by atoms with Crippen molar-refractivity contribution >= 4 is 30.7 Å². The summed E-state index contributed by atoms with van der Waals surface area (Å²) >= 11 is 0. The van der Waals surface area contributed by atoms with Gasteiger partial charge in [0.05, 0.1) is 0 Å². The second-order valence-electron chi connectivity index (χ2n) is 5.59. The van der Waals surface area contributed by atoms with Gasteiger partial charge in [-0.25, -0.2) is 0 Å². The molecular weight excluding hydrogens is 354 g/mol. The van der Waals surface area contributed by atoms with Crippen LogP contribution in [0.3, 0.4) is 0 Å². The summed E-state index contributed by atoms with van der Waals surface area (Å²) in [5.41, 5.74) is 5.40. The van der Waals surface area contributed by atoms with Crippen LogP contribution < -0.4 is 5.73 Å². The number of unbranched alkanes of at least 4 members (excludes halogenated alkanes) is 3. The standard InChI is InChI=1S/C14H26F3N3O.2ClH/c1-12(14(15,16)17)19-8-10-20(11-9-19)13(21)6-4-2-3-5-7-18;;/h12H,2-11,18H2,1H3;2*1H. The number of amides is 1. The van der Waals surface area contributed by atoms with Gasteiger partial charge in [-0.3, -0.25) is 9.69 Å². The van der Waals surface area contributed by atoms with Crippen LogP contribution in [0.25, 0.3) is 0 Å². The van der Waals surface area contributed by atoms with E-state index in [2.05, 4.69) is 0 Å². The first-order chi connectivity index (χ1) is 9.86. The van der Waals surface area contributed by atoms with E-state index >= 15 is 0 Å². The molecule has 1 saturated heterocycles. The van der Waals surface area contributed by atoms with Gasteiger partial charge in [-0.2, -0.15) is 13.2 Å². The maximum absolute atomic E-state index is 12.6. The van der Waals surface area contributed by atoms with E-state index < -0.39 is 12.2 Å². The highest BCUT2D eigenvalue weighted by molar-refractivity contribution is 5.85. The lowest BCUT2D eigenvalue weighted by Crippen LogP contribution is -2.54. The van der Waals surface area contributed by atoms with Crippen LogP contribution >= 0.6 is 24.8 Å². The number of nitrogens with zero attached hydrogens (tertiary/aromatic N) is 2. The molecule has 0 spiro atoms. The summed E-state index contributed by atoms with van der Waals surface area (Å²) in [7, 11) is 0. The Balaban J connectivity index is 0. The highest BCUT2D eigenvalue weighted by atomic mass is 35.5. The van der Waals surface area contributed by atoms with Gasteiger partial charge in [-0.1, -0.05) is 12.8 Å². The fraction of sp³-hybridized carbons (Fsp3) is 0.929. The summed E-state index contributed by atoms with van der Waals surface area (Å²) < 4.78 is 37.9. The Morgan fingerprint density at radius 3 is 2.04 bits per heavy atom. The summed E-state index contributed by atoms with van der Waals surface area (Å²) in [5, 5.41) is 0. The maximum atomic E-state index is 12.6. The predicted molar refractivity (Wildman–Crippen MR) is 90.3 cm³/mol. The van der Waals surface area contributed by atoms with Crippen LogP contribution in [0.1, 0.15) is 39.0 Å². The summed E-state index contributed by atoms with van der Waals surface area (Å²) in [6.45, 7) is 3.21. The lowest BCUT2D eigenvalue weighted by atomic mass is 10.1. The largest absolute Gasteiger partial charge is 0.403 e. The van der Waals surface area contributed by atoms with Crippen molar-refractivity contribution < 1.29 is 18.0 Å². The minimum absolute atomic E-state index is 0. The first kappa shape index (κ1) is 25.0. The molecule has 0 aromatic carbocycles. The SMILES string of the molecule is CC(N1CCN(C(=O)CCCCCCN)CC1)C(F)(F)F.Cl.Cl. The predicted octanol–water partition coefficient (Wildman–Crippen LogP) is 2.83. The van der Waals surface area contributed by atoms with Crippen LogP contribution in [0.5, 0.6) is 0 Å². The molecule has 1 aliphatic rings. The van der Waals surface area contributed by atoms with Crippen molar-refractivity contribution in [2.75, 3.05) is 32.7 Å². The lowest BCUT2D eigenvalue weighted by Gasteiger charge is -2.38. The first-order valence-electron chi connectivity index (χ1n) is 7.65. The molecule has 0 saturated carbocycles. The van der Waals surface area contributed by atoms with Gasteiger partial charge in [0.1, 0.15) is 6.04 Å². The molecular formula is C14H28Cl2F3N3O. The minimum atomic E-state index is -4.20. The zero-order valence-electron chi connectivity index (χ0n) is 13.5. The number of nitrogens with two attached hydrogens (primary N) is 1. The maximum Gasteiger partial charge on any atom is 0.403 e. The topological polar surface area (TPSA) is 49.6 Å². The normalized spacial score (nSPS) is 17.2. The lowest BCUT2D eigenvalue weighted by molar-refractivity contribution is -0.183. The zero-order valence-corrected chi connectivity index (χ0v) is 15.1. The molecule has 140 valence electrons. The molecule has 2 N–H and O–H groups in total. The quantitative estimate of drug-likeness (QED) is 0.689. The van der Waals surface area contributed by atoms with Crippen LogP contribution in [0.4, 0.5) is 13.2 Å². The highest BCUT2D eigenvalue weighted by Gasteiger charge is 2.41. The van der Waals surface area contributed by atoms with Crippen molar-refractivity contribution in [3.63, 3.8) is 0 Å². The van der Waals surface area contributed by atoms with Crippen molar-refractivity contribution in [3.05, 3.63) is 0 Å². The van der Waals surface area contributed by atoms with Gasteiger partial charge in [-0.15, -0.1) is 24.8 Å². The minimum Gasteiger partial charge on any atom is -0.340 e. The molecule has 1 heterocycles. The van der Waals surface area contributed by atoms with Crippen molar-refractivity contribution in [3.8, 4) is 0 Å². The number of hydrogen-bond donors (Lipinski definition) is 1. The van der Waals surface area contributed by atoms with E-state index in [0.717, 1.165) is 25.7 Å². The number of halogens is 5. The summed E-state index contributed by atoms with van der Waals surface area (Å²) in [5.74, 6) is 0.0575. The van der Waals surface area contributed by atoms with Crippen molar-refractivity contribution in [1.29, 1.82) is 0 Å². The fourth-order valence-corrected chi connectivity index (χ4v) is 2.50. The molecule has 1 aliphatic heterocycles. The molecule has 1 fully saturated rings. The van der Waals surface area contributed by atoms with Crippen molar-refractivity contribution in [1.82, 2.24) is 9.80 Å². The Bertz CT molecular complexity index is 325. The summed E-state index contributed by atoms with van der Waals surface area (Å²) in [4.78, 5) is 15.0. The van der Waals surface area contributed by atoms with Crippen LogP contribution in [0, 0.1) is 0 Å². The van der Waals surface area contributed by atoms with Gasteiger partial charge >= 0.3 is 6.18 Å². The molecule has 0 aromatic rings. The van der Waals surface area contributed by atoms with E-state index in [1.807, 2.05) is 0 Å². The van der Waals surface area contributed by atoms with E-state index in [0.29, 0.717) is 39.1 Å². The molecule has 23 heavy (non-hydrogen) atoms. The number of rotatable bonds is 7. The average Bonchev–Trinajstić information content (AvgIpc) is 2.45. The summed E-state index contributed by atoms with van der Waals surface area (Å²) in [6, 6.07) is -1.44. The number of piperazine rings is 1. The van der Waals surface area contributed by atoms with E-state index in [9.17, 15) is 18.0 Å². The molecule has 0 aromatic heterocycles. The third kappa shape index (κ3) is 8.98. The Labute approximate surface area is 148 Å². The van der Waals surface area contributed by atoms with Gasteiger partial charge in [0, 0.05) is 32.6 Å². The smallest absolute Gasteiger partial charge is 0.340 e. The van der Waals surface area contributed by atoms with Crippen molar-refractivity contribution in [2.24, 2.45) is 5.73 Å². The Hall–Kier alpha value is -0.240. The number of hydrogen-bond acceptors (Lipinski definition) is 3. The fourth-order valence-electron chi connectivity index (χ4n) is 2.50. The second kappa shape index (κ2) is 12.2. The molecule has 0 aliphatic carbocycles. The van der Waals surface area contributed by atoms with Crippen LogP contribution in [-0.2, 0) is 4.79 Å². The van der Waals surface area contributed by atoms with E-state index in [1.54, 1.807) is 4.90 Å². The number of alkyl halides is 3. The molecule has 0 bridgehead atoms. The van der Waals surface area contributed by atoms with E-state index in [4.69, 9.17) is 5.73 Å². The van der Waals surface area contributed by atoms with Gasteiger partial charge < -0.3 is 10.6 Å². The molecule has 0 radical (unpaired) electrons. The number of carbonyl (C=O) groups excluding carboxylic acids is 1. The van der Waals surface area contributed by atoms with Gasteiger partial charge in [0.15, 0.2) is 0 Å². The number of carbonyl (C=O) groups is 1. The monoisotopic (exact) mass is 381 g/mol. The van der Waals surface area contributed by atoms with Gasteiger partial charge in [-0.05, 0) is 26.3 Å². The van der Waals surface area contributed by atoms with Gasteiger partial charge in [0.25, 0.3) is 0 Å². The van der Waals surface area contributed by atoms with Crippen LogP contribution in [0.2, 0.25) is 0 Å². The molecule has 1 rings (SSSR count). The molecule has 4 nitrogen and oxygen atoms in total. The van der Waals surface area contributed by atoms with E-state index in [1.165, 1.54) is 11.8 Å². The highest BCUT2D eigenvalue weighted by Crippen LogP contribution is 2.25. The first-order valence-corrected chi connectivity index (χ1v) is 7.65. The Kier molecular flexibility index (Phi) is 13.2. The third-order valence-corrected chi connectivity index (χ3v) is 4.03. The summed E-state index contributed by atoms with van der Waals surface area (Å²) in [6.07, 6.45) is 0.101. The van der Waals surface area contributed by atoms with Crippen molar-refractivity contribution in [2.45, 2.75) is 51.2 Å². The third-order valence-electron chi connectivity index (χ3n) is 4.03. The average molecular weight is 382 g/mol. The van der Waals surface area contributed by atoms with Crippen LogP contribution in [0.15, 0.2) is 0 Å². The van der Waals surface area contributed by atoms with E-state index in [-0.39, 0.29) is 30.7 Å². The molecule has 1 atom stereocenters. The Morgan fingerprint density at radius 1 is 1.04 bits per heavy atom. The molecule has 9 heteroatoms. The second-order valence-corrected chi connectivity index (χ2v) is 5.59. The Morgan fingerprint density at radius 2 is 1.57 bits per heavy atom. The molecule has 1 amide bonds. The van der Waals surface area contributed by atoms with Crippen LogP contribution in [-0.4, -0.2) is 60.6 Å².